The molecule has 1 aliphatic heterocycles. The van der Waals surface area contributed by atoms with Crippen molar-refractivity contribution in [2.75, 3.05) is 13.1 Å². The minimum Gasteiger partial charge on any atom is -0.508 e. The number of halogens is 1. The molecule has 3 nitrogen and oxygen atoms in total. The summed E-state index contributed by atoms with van der Waals surface area (Å²) in [6.45, 7) is 1.03. The zero-order valence-corrected chi connectivity index (χ0v) is 7.63. The van der Waals surface area contributed by atoms with Crippen LogP contribution in [0.25, 0.3) is 0 Å². The van der Waals surface area contributed by atoms with E-state index in [1.54, 1.807) is 0 Å². The van der Waals surface area contributed by atoms with Gasteiger partial charge in [-0.15, -0.1) is 0 Å². The minimum absolute atomic E-state index is 0.124. The Morgan fingerprint density at radius 1 is 1.43 bits per heavy atom. The molecule has 1 fully saturated rings. The standard InChI is InChI=1S/C10H12FNO2/c11-9-5-7(13)1-2-8(9)10(14)3-4-12-6-10/h1-2,5,12-14H,3-4,6H2. The molecule has 0 spiro atoms. The average Bonchev–Trinajstić information content (AvgIpc) is 2.52. The molecule has 0 aromatic heterocycles. The Hall–Kier alpha value is -1.13. The highest BCUT2D eigenvalue weighted by atomic mass is 19.1. The average molecular weight is 197 g/mol. The number of aliphatic hydroxyl groups is 1. The fourth-order valence-electron chi connectivity index (χ4n) is 1.79. The lowest BCUT2D eigenvalue weighted by molar-refractivity contribution is 0.0548. The van der Waals surface area contributed by atoms with Crippen LogP contribution < -0.4 is 5.32 Å². The molecule has 1 aromatic rings. The van der Waals surface area contributed by atoms with Crippen molar-refractivity contribution in [2.24, 2.45) is 0 Å². The highest BCUT2D eigenvalue weighted by Crippen LogP contribution is 2.30. The van der Waals surface area contributed by atoms with Crippen LogP contribution in [0.15, 0.2) is 18.2 Å². The first-order valence-electron chi connectivity index (χ1n) is 4.54. The fraction of sp³-hybridized carbons (Fsp3) is 0.400. The summed E-state index contributed by atoms with van der Waals surface area (Å²) in [6, 6.07) is 3.83. The molecule has 0 bridgehead atoms. The van der Waals surface area contributed by atoms with Gasteiger partial charge in [-0.2, -0.15) is 0 Å². The third-order valence-electron chi connectivity index (χ3n) is 2.59. The van der Waals surface area contributed by atoms with Crippen LogP contribution in [0.2, 0.25) is 0 Å². The van der Waals surface area contributed by atoms with Crippen LogP contribution in [-0.2, 0) is 5.60 Å². The Labute approximate surface area is 81.2 Å². The minimum atomic E-state index is -1.13. The van der Waals surface area contributed by atoms with Crippen LogP contribution in [0.4, 0.5) is 4.39 Å². The van der Waals surface area contributed by atoms with Crippen molar-refractivity contribution >= 4 is 0 Å². The zero-order valence-electron chi connectivity index (χ0n) is 7.63. The van der Waals surface area contributed by atoms with Gasteiger partial charge in [-0.25, -0.2) is 4.39 Å². The maximum atomic E-state index is 13.4. The van der Waals surface area contributed by atoms with E-state index >= 15 is 0 Å². The van der Waals surface area contributed by atoms with Crippen LogP contribution in [0.3, 0.4) is 0 Å². The van der Waals surface area contributed by atoms with Crippen molar-refractivity contribution in [3.63, 3.8) is 0 Å². The number of benzene rings is 1. The van der Waals surface area contributed by atoms with Gasteiger partial charge in [-0.05, 0) is 25.1 Å². The maximum Gasteiger partial charge on any atom is 0.133 e. The molecule has 1 heterocycles. The van der Waals surface area contributed by atoms with Crippen molar-refractivity contribution < 1.29 is 14.6 Å². The highest BCUT2D eigenvalue weighted by molar-refractivity contribution is 5.32. The van der Waals surface area contributed by atoms with Gasteiger partial charge in [0.25, 0.3) is 0 Å². The Balaban J connectivity index is 2.40. The van der Waals surface area contributed by atoms with Gasteiger partial charge in [0.1, 0.15) is 17.2 Å². The number of hydrogen-bond acceptors (Lipinski definition) is 3. The van der Waals surface area contributed by atoms with E-state index in [9.17, 15) is 9.50 Å². The summed E-state index contributed by atoms with van der Waals surface area (Å²) in [5.74, 6) is -0.683. The number of rotatable bonds is 1. The van der Waals surface area contributed by atoms with Gasteiger partial charge in [0.2, 0.25) is 0 Å². The summed E-state index contributed by atoms with van der Waals surface area (Å²) in [7, 11) is 0. The van der Waals surface area contributed by atoms with Gasteiger partial charge in [0.05, 0.1) is 0 Å². The molecule has 1 saturated heterocycles. The van der Waals surface area contributed by atoms with Gasteiger partial charge >= 0.3 is 0 Å². The lowest BCUT2D eigenvalue weighted by Crippen LogP contribution is -2.29. The topological polar surface area (TPSA) is 52.5 Å². The van der Waals surface area contributed by atoms with Crippen LogP contribution in [-0.4, -0.2) is 23.3 Å². The quantitative estimate of drug-likeness (QED) is 0.621. The molecule has 0 saturated carbocycles. The third-order valence-corrected chi connectivity index (χ3v) is 2.59. The van der Waals surface area contributed by atoms with Crippen LogP contribution in [0, 0.1) is 5.82 Å². The van der Waals surface area contributed by atoms with Crippen molar-refractivity contribution in [3.05, 3.63) is 29.6 Å². The van der Waals surface area contributed by atoms with Crippen LogP contribution in [0.5, 0.6) is 5.75 Å². The molecule has 0 aliphatic carbocycles. The smallest absolute Gasteiger partial charge is 0.133 e. The number of nitrogens with one attached hydrogen (secondary N) is 1. The molecule has 0 amide bonds. The van der Waals surface area contributed by atoms with E-state index in [2.05, 4.69) is 5.32 Å². The molecule has 3 N–H and O–H groups in total. The third kappa shape index (κ3) is 1.47. The lowest BCUT2D eigenvalue weighted by atomic mass is 9.92. The van der Waals surface area contributed by atoms with Gasteiger partial charge in [-0.3, -0.25) is 0 Å². The maximum absolute atomic E-state index is 13.4. The number of hydrogen-bond donors (Lipinski definition) is 3. The second-order valence-electron chi connectivity index (χ2n) is 3.62. The fourth-order valence-corrected chi connectivity index (χ4v) is 1.79. The van der Waals surface area contributed by atoms with Gasteiger partial charge in [-0.1, -0.05) is 0 Å². The molecule has 1 unspecified atom stereocenters. The molecule has 4 heteroatoms. The largest absolute Gasteiger partial charge is 0.508 e. The summed E-state index contributed by atoms with van der Waals surface area (Å²) in [4.78, 5) is 0. The number of β-amino-alcohol motifs (C(OH)–C–C–N with tert-alkyl or cyclic N) is 1. The Morgan fingerprint density at radius 3 is 2.79 bits per heavy atom. The Kier molecular flexibility index (Phi) is 2.17. The zero-order chi connectivity index (χ0) is 10.2. The van der Waals surface area contributed by atoms with E-state index in [1.807, 2.05) is 0 Å². The van der Waals surface area contributed by atoms with Crippen LogP contribution in [0.1, 0.15) is 12.0 Å². The van der Waals surface area contributed by atoms with Crippen LogP contribution >= 0.6 is 0 Å². The summed E-state index contributed by atoms with van der Waals surface area (Å²) in [6.07, 6.45) is 0.495. The molecule has 2 rings (SSSR count). The highest BCUT2D eigenvalue weighted by Gasteiger charge is 2.35. The van der Waals surface area contributed by atoms with Gasteiger partial charge < -0.3 is 15.5 Å². The predicted octanol–water partition coefficient (Wildman–Crippen LogP) is 0.712. The summed E-state index contributed by atoms with van der Waals surface area (Å²) in [5.41, 5.74) is -0.877. The first kappa shape index (κ1) is 9.43. The molecule has 1 aromatic carbocycles. The van der Waals surface area contributed by atoms with Crippen molar-refractivity contribution in [1.82, 2.24) is 5.32 Å². The lowest BCUT2D eigenvalue weighted by Gasteiger charge is -2.22. The molecule has 76 valence electrons. The predicted molar refractivity (Wildman–Crippen MR) is 49.4 cm³/mol. The van der Waals surface area contributed by atoms with E-state index in [1.165, 1.54) is 12.1 Å². The number of aromatic hydroxyl groups is 1. The summed E-state index contributed by atoms with van der Waals surface area (Å²) in [5, 5.41) is 22.1. The SMILES string of the molecule is Oc1ccc(C2(O)CCNC2)c(F)c1. The van der Waals surface area contributed by atoms with Crippen molar-refractivity contribution in [3.8, 4) is 5.75 Å². The van der Waals surface area contributed by atoms with Crippen molar-refractivity contribution in [2.45, 2.75) is 12.0 Å². The van der Waals surface area contributed by atoms with E-state index < -0.39 is 11.4 Å². The second kappa shape index (κ2) is 3.22. The Bertz CT molecular complexity index is 348. The summed E-state index contributed by atoms with van der Waals surface area (Å²) < 4.78 is 13.4. The van der Waals surface area contributed by atoms with E-state index in [0.717, 1.165) is 6.07 Å². The van der Waals surface area contributed by atoms with E-state index in [-0.39, 0.29) is 11.3 Å². The number of phenols is 1. The van der Waals surface area contributed by atoms with E-state index in [4.69, 9.17) is 5.11 Å². The van der Waals surface area contributed by atoms with E-state index in [0.29, 0.717) is 19.5 Å². The van der Waals surface area contributed by atoms with Gasteiger partial charge in [0.15, 0.2) is 0 Å². The van der Waals surface area contributed by atoms with Crippen molar-refractivity contribution in [1.29, 1.82) is 0 Å². The first-order chi connectivity index (χ1) is 6.62. The molecule has 0 radical (unpaired) electrons. The monoisotopic (exact) mass is 197 g/mol. The molecular weight excluding hydrogens is 185 g/mol. The molecule has 1 atom stereocenters. The molecule has 1 aliphatic rings. The molecular formula is C10H12FNO2. The molecule has 14 heavy (non-hydrogen) atoms. The van der Waals surface area contributed by atoms with Gasteiger partial charge in [0, 0.05) is 18.2 Å². The first-order valence-corrected chi connectivity index (χ1v) is 4.54. The summed E-state index contributed by atoms with van der Waals surface area (Å²) >= 11 is 0. The number of phenolic OH excluding ortho intramolecular Hbond substituents is 1. The second-order valence-corrected chi connectivity index (χ2v) is 3.62. The normalized spacial score (nSPS) is 26.7. The Morgan fingerprint density at radius 2 is 2.21 bits per heavy atom.